The second kappa shape index (κ2) is 11.7. The Morgan fingerprint density at radius 1 is 0.941 bits per heavy atom. The molecular weight excluding hydrogens is 500 g/mol. The fourth-order valence-corrected chi connectivity index (χ4v) is 4.14. The predicted octanol–water partition coefficient (Wildman–Crippen LogP) is 3.93. The molecule has 0 radical (unpaired) electrons. The summed E-state index contributed by atoms with van der Waals surface area (Å²) in [6, 6.07) is 18.5. The maximum atomic E-state index is 12.9. The number of hydrogen-bond acceptors (Lipinski definition) is 4. The third kappa shape index (κ3) is 6.57. The van der Waals surface area contributed by atoms with Gasteiger partial charge in [0.1, 0.15) is 17.8 Å². The summed E-state index contributed by atoms with van der Waals surface area (Å²) in [6.07, 6.45) is 0.139. The quantitative estimate of drug-likeness (QED) is 0.371. The zero-order chi connectivity index (χ0) is 24.7. The van der Waals surface area contributed by atoms with Crippen molar-refractivity contribution < 1.29 is 24.2 Å². The number of benzene rings is 3. The summed E-state index contributed by atoms with van der Waals surface area (Å²) >= 11 is 3.52. The number of ether oxygens (including phenoxy) is 1. The van der Waals surface area contributed by atoms with Crippen molar-refractivity contribution in [1.82, 2.24) is 10.6 Å². The standard InChI is InChI=1S/C26H27BrN2O5/c1-16(2)24(25(31)28-20(26(32)33)14-17-8-4-3-5-9-17)29-22(30)15-34-21-13-12-18-10-6-7-11-19(18)23(21)27/h3-13,16,20,24H,14-15H2,1-2H3,(H,28,31)(H,29,30)(H,32,33)/t20-,24-/m0/s1. The molecule has 0 bridgehead atoms. The molecule has 2 atom stereocenters. The van der Waals surface area contributed by atoms with Gasteiger partial charge in [0.2, 0.25) is 5.91 Å². The summed E-state index contributed by atoms with van der Waals surface area (Å²) in [5.74, 6) is -1.94. The Labute approximate surface area is 206 Å². The van der Waals surface area contributed by atoms with Crippen molar-refractivity contribution in [3.05, 3.63) is 76.8 Å². The smallest absolute Gasteiger partial charge is 0.326 e. The van der Waals surface area contributed by atoms with Gasteiger partial charge < -0.3 is 20.5 Å². The summed E-state index contributed by atoms with van der Waals surface area (Å²) in [6.45, 7) is 3.26. The Hall–Kier alpha value is -3.39. The number of aliphatic carboxylic acids is 1. The number of hydrogen-bond donors (Lipinski definition) is 3. The van der Waals surface area contributed by atoms with Crippen LogP contribution in [0.2, 0.25) is 0 Å². The molecule has 0 saturated heterocycles. The Morgan fingerprint density at radius 2 is 1.62 bits per heavy atom. The molecule has 0 aliphatic heterocycles. The topological polar surface area (TPSA) is 105 Å². The number of rotatable bonds is 10. The van der Waals surface area contributed by atoms with Crippen molar-refractivity contribution in [2.45, 2.75) is 32.4 Å². The minimum atomic E-state index is -1.14. The number of nitrogens with one attached hydrogen (secondary N) is 2. The second-order valence-corrected chi connectivity index (χ2v) is 9.06. The van der Waals surface area contributed by atoms with E-state index < -0.39 is 29.9 Å². The molecule has 0 aromatic heterocycles. The lowest BCUT2D eigenvalue weighted by Gasteiger charge is -2.24. The van der Waals surface area contributed by atoms with Gasteiger partial charge in [-0.2, -0.15) is 0 Å². The van der Waals surface area contributed by atoms with Crippen molar-refractivity contribution in [3.63, 3.8) is 0 Å². The van der Waals surface area contributed by atoms with E-state index in [-0.39, 0.29) is 18.9 Å². The van der Waals surface area contributed by atoms with Crippen molar-refractivity contribution in [1.29, 1.82) is 0 Å². The molecule has 0 spiro atoms. The fourth-order valence-electron chi connectivity index (χ4n) is 3.53. The van der Waals surface area contributed by atoms with E-state index in [1.165, 1.54) is 0 Å². The van der Waals surface area contributed by atoms with Crippen LogP contribution in [0.3, 0.4) is 0 Å². The highest BCUT2D eigenvalue weighted by Crippen LogP contribution is 2.32. The number of carboxylic acid groups (broad SMARTS) is 1. The first-order valence-electron chi connectivity index (χ1n) is 10.9. The van der Waals surface area contributed by atoms with Crippen molar-refractivity contribution in [2.75, 3.05) is 6.61 Å². The maximum Gasteiger partial charge on any atom is 0.326 e. The van der Waals surface area contributed by atoms with E-state index in [1.54, 1.807) is 44.2 Å². The molecule has 0 aliphatic carbocycles. The van der Waals surface area contributed by atoms with Crippen molar-refractivity contribution in [3.8, 4) is 5.75 Å². The average molecular weight is 527 g/mol. The Kier molecular flexibility index (Phi) is 8.65. The van der Waals surface area contributed by atoms with Crippen LogP contribution in [0.4, 0.5) is 0 Å². The molecule has 0 heterocycles. The summed E-state index contributed by atoms with van der Waals surface area (Å²) in [4.78, 5) is 37.1. The number of carbonyl (C=O) groups excluding carboxylic acids is 2. The van der Waals surface area contributed by atoms with Gasteiger partial charge in [-0.15, -0.1) is 0 Å². The highest BCUT2D eigenvalue weighted by Gasteiger charge is 2.29. The maximum absolute atomic E-state index is 12.9. The minimum Gasteiger partial charge on any atom is -0.483 e. The highest BCUT2D eigenvalue weighted by atomic mass is 79.9. The molecule has 3 rings (SSSR count). The molecular formula is C26H27BrN2O5. The highest BCUT2D eigenvalue weighted by molar-refractivity contribution is 9.10. The number of carboxylic acids is 1. The van der Waals surface area contributed by atoms with Crippen LogP contribution in [0.1, 0.15) is 19.4 Å². The van der Waals surface area contributed by atoms with Crippen LogP contribution in [0, 0.1) is 5.92 Å². The van der Waals surface area contributed by atoms with Gasteiger partial charge >= 0.3 is 5.97 Å². The van der Waals surface area contributed by atoms with Crippen LogP contribution in [-0.4, -0.2) is 41.6 Å². The van der Waals surface area contributed by atoms with Gasteiger partial charge in [-0.25, -0.2) is 4.79 Å². The van der Waals surface area contributed by atoms with Crippen LogP contribution < -0.4 is 15.4 Å². The lowest BCUT2D eigenvalue weighted by Crippen LogP contribution is -2.54. The zero-order valence-corrected chi connectivity index (χ0v) is 20.5. The molecule has 0 unspecified atom stereocenters. The van der Waals surface area contributed by atoms with Crippen molar-refractivity contribution in [2.24, 2.45) is 5.92 Å². The number of halogens is 1. The van der Waals surface area contributed by atoms with Crippen molar-refractivity contribution >= 4 is 44.5 Å². The van der Waals surface area contributed by atoms with Crippen LogP contribution in [0.15, 0.2) is 71.2 Å². The molecule has 0 fully saturated rings. The van der Waals surface area contributed by atoms with Gasteiger partial charge in [0.25, 0.3) is 5.91 Å². The molecule has 178 valence electrons. The minimum absolute atomic E-state index is 0.139. The molecule has 7 nitrogen and oxygen atoms in total. The lowest BCUT2D eigenvalue weighted by molar-refractivity contribution is -0.142. The Bertz CT molecular complexity index is 1170. The zero-order valence-electron chi connectivity index (χ0n) is 19.0. The predicted molar refractivity (Wildman–Crippen MR) is 134 cm³/mol. The largest absolute Gasteiger partial charge is 0.483 e. The Balaban J connectivity index is 1.62. The SMILES string of the molecule is CC(C)[C@H](NC(=O)COc1ccc2ccccc2c1Br)C(=O)N[C@@H](Cc1ccccc1)C(=O)O. The average Bonchev–Trinajstić information content (AvgIpc) is 2.82. The van der Waals surface area contributed by atoms with Gasteiger partial charge in [-0.1, -0.05) is 74.5 Å². The van der Waals surface area contributed by atoms with Gasteiger partial charge in [-0.3, -0.25) is 9.59 Å². The van der Waals surface area contributed by atoms with Gasteiger partial charge in [0.15, 0.2) is 6.61 Å². The molecule has 3 aromatic rings. The molecule has 34 heavy (non-hydrogen) atoms. The molecule has 0 aliphatic rings. The van der Waals surface area contributed by atoms with Crippen LogP contribution >= 0.6 is 15.9 Å². The lowest BCUT2D eigenvalue weighted by atomic mass is 10.0. The third-order valence-electron chi connectivity index (χ3n) is 5.35. The molecule has 8 heteroatoms. The normalized spacial score (nSPS) is 12.7. The molecule has 3 aromatic carbocycles. The van der Waals surface area contributed by atoms with Gasteiger partial charge in [-0.05, 0) is 44.3 Å². The van der Waals surface area contributed by atoms with E-state index >= 15 is 0 Å². The summed E-state index contributed by atoms with van der Waals surface area (Å²) < 4.78 is 6.42. The first-order chi connectivity index (χ1) is 16.3. The third-order valence-corrected chi connectivity index (χ3v) is 6.17. The molecule has 0 saturated carbocycles. The van der Waals surface area contributed by atoms with E-state index in [4.69, 9.17) is 4.74 Å². The van der Waals surface area contributed by atoms with E-state index in [0.29, 0.717) is 5.75 Å². The number of fused-ring (bicyclic) bond motifs is 1. The molecule has 3 N–H and O–H groups in total. The summed E-state index contributed by atoms with van der Waals surface area (Å²) in [7, 11) is 0. The fraction of sp³-hybridized carbons (Fsp3) is 0.269. The molecule has 2 amide bonds. The first kappa shape index (κ1) is 25.2. The number of amides is 2. The van der Waals surface area contributed by atoms with E-state index in [1.807, 2.05) is 36.4 Å². The first-order valence-corrected chi connectivity index (χ1v) is 11.7. The van der Waals surface area contributed by atoms with E-state index in [0.717, 1.165) is 20.8 Å². The second-order valence-electron chi connectivity index (χ2n) is 8.27. The summed E-state index contributed by atoms with van der Waals surface area (Å²) in [5, 5.41) is 16.8. The monoisotopic (exact) mass is 526 g/mol. The van der Waals surface area contributed by atoms with E-state index in [2.05, 4.69) is 26.6 Å². The Morgan fingerprint density at radius 3 is 2.29 bits per heavy atom. The van der Waals surface area contributed by atoms with Crippen LogP contribution in [0.25, 0.3) is 10.8 Å². The van der Waals surface area contributed by atoms with Crippen LogP contribution in [0.5, 0.6) is 5.75 Å². The number of carbonyl (C=O) groups is 3. The van der Waals surface area contributed by atoms with E-state index in [9.17, 15) is 19.5 Å². The van der Waals surface area contributed by atoms with Gasteiger partial charge in [0.05, 0.1) is 4.47 Å². The van der Waals surface area contributed by atoms with Gasteiger partial charge in [0, 0.05) is 6.42 Å². The van der Waals surface area contributed by atoms with Crippen LogP contribution in [-0.2, 0) is 20.8 Å². The summed E-state index contributed by atoms with van der Waals surface area (Å²) in [5.41, 5.74) is 0.787.